The number of alkyl halides is 4. The molecule has 1 fully saturated rings. The van der Waals surface area contributed by atoms with Crippen molar-refractivity contribution in [2.45, 2.75) is 31.1 Å². The van der Waals surface area contributed by atoms with Gasteiger partial charge >= 0.3 is 6.18 Å². The van der Waals surface area contributed by atoms with Crippen LogP contribution in [0.1, 0.15) is 13.3 Å². The highest BCUT2D eigenvalue weighted by Gasteiger charge is 2.45. The van der Waals surface area contributed by atoms with Crippen molar-refractivity contribution in [3.63, 3.8) is 0 Å². The third kappa shape index (κ3) is 2.36. The maximum atomic E-state index is 12.4. The number of likely N-dealkylation sites (tertiary alicyclic amines) is 1. The summed E-state index contributed by atoms with van der Waals surface area (Å²) >= 11 is 0. The number of nitrogens with zero attached hydrogens (tertiary/aromatic N) is 1. The molecule has 1 saturated heterocycles. The van der Waals surface area contributed by atoms with Gasteiger partial charge in [-0.25, -0.2) is 4.39 Å². The minimum absolute atomic E-state index is 0.0236. The zero-order chi connectivity index (χ0) is 11.0. The third-order valence-corrected chi connectivity index (χ3v) is 2.70. The van der Waals surface area contributed by atoms with Gasteiger partial charge in [0.25, 0.3) is 0 Å². The highest BCUT2D eigenvalue weighted by Crippen LogP contribution is 2.29. The average molecular weight is 214 g/mol. The quantitative estimate of drug-likeness (QED) is 0.702. The van der Waals surface area contributed by atoms with E-state index < -0.39 is 24.4 Å². The largest absolute Gasteiger partial charge is 0.403 e. The molecule has 6 heteroatoms. The SMILES string of the molecule is CC(N1CCC(N)(CF)C1)C(F)(F)F. The van der Waals surface area contributed by atoms with Gasteiger partial charge in [-0.1, -0.05) is 0 Å². The molecule has 0 spiro atoms. The van der Waals surface area contributed by atoms with Crippen LogP contribution in [0.4, 0.5) is 17.6 Å². The Hall–Kier alpha value is -0.360. The van der Waals surface area contributed by atoms with Crippen molar-refractivity contribution in [2.75, 3.05) is 19.8 Å². The molecule has 2 unspecified atom stereocenters. The molecule has 0 radical (unpaired) electrons. The first-order chi connectivity index (χ1) is 6.28. The van der Waals surface area contributed by atoms with Crippen LogP contribution in [0, 0.1) is 0 Å². The molecule has 1 rings (SSSR count). The van der Waals surface area contributed by atoms with Gasteiger partial charge in [0.05, 0.1) is 5.54 Å². The smallest absolute Gasteiger partial charge is 0.322 e. The number of hydrogen-bond acceptors (Lipinski definition) is 2. The van der Waals surface area contributed by atoms with Crippen molar-refractivity contribution < 1.29 is 17.6 Å². The number of hydrogen-bond donors (Lipinski definition) is 1. The summed E-state index contributed by atoms with van der Waals surface area (Å²) in [6.45, 7) is 0.489. The summed E-state index contributed by atoms with van der Waals surface area (Å²) in [5.41, 5.74) is 4.46. The first kappa shape index (κ1) is 11.7. The van der Waals surface area contributed by atoms with Crippen LogP contribution in [0.2, 0.25) is 0 Å². The summed E-state index contributed by atoms with van der Waals surface area (Å²) < 4.78 is 49.2. The number of halogens is 4. The standard InChI is InChI=1S/C8H14F4N2/c1-6(8(10,11)12)14-3-2-7(13,4-9)5-14/h6H,2-5,13H2,1H3. The molecule has 1 aliphatic heterocycles. The molecule has 2 N–H and O–H groups in total. The molecule has 1 heterocycles. The van der Waals surface area contributed by atoms with E-state index in [1.54, 1.807) is 0 Å². The Balaban J connectivity index is 2.58. The van der Waals surface area contributed by atoms with Crippen LogP contribution >= 0.6 is 0 Å². The van der Waals surface area contributed by atoms with E-state index in [1.165, 1.54) is 4.90 Å². The van der Waals surface area contributed by atoms with E-state index in [2.05, 4.69) is 0 Å². The van der Waals surface area contributed by atoms with Crippen LogP contribution in [0.5, 0.6) is 0 Å². The molecule has 2 atom stereocenters. The molecule has 0 bridgehead atoms. The molecular weight excluding hydrogens is 200 g/mol. The van der Waals surface area contributed by atoms with E-state index in [9.17, 15) is 17.6 Å². The van der Waals surface area contributed by atoms with Gasteiger partial charge < -0.3 is 5.73 Å². The van der Waals surface area contributed by atoms with Crippen LogP contribution in [0.25, 0.3) is 0 Å². The van der Waals surface area contributed by atoms with Crippen molar-refractivity contribution in [2.24, 2.45) is 5.73 Å². The van der Waals surface area contributed by atoms with E-state index >= 15 is 0 Å². The Morgan fingerprint density at radius 1 is 1.50 bits per heavy atom. The predicted octanol–water partition coefficient (Wildman–Crippen LogP) is 1.31. The highest BCUT2D eigenvalue weighted by atomic mass is 19.4. The Kier molecular flexibility index (Phi) is 3.06. The Labute approximate surface area is 80.0 Å². The lowest BCUT2D eigenvalue weighted by atomic mass is 10.0. The maximum absolute atomic E-state index is 12.4. The lowest BCUT2D eigenvalue weighted by Crippen LogP contribution is -2.49. The van der Waals surface area contributed by atoms with Gasteiger partial charge in [0.1, 0.15) is 12.7 Å². The molecular formula is C8H14F4N2. The third-order valence-electron chi connectivity index (χ3n) is 2.70. The van der Waals surface area contributed by atoms with Gasteiger partial charge in [0.15, 0.2) is 0 Å². The van der Waals surface area contributed by atoms with Gasteiger partial charge in [-0.2, -0.15) is 13.2 Å². The molecule has 2 nitrogen and oxygen atoms in total. The highest BCUT2D eigenvalue weighted by molar-refractivity contribution is 4.96. The monoisotopic (exact) mass is 214 g/mol. The molecule has 0 aromatic rings. The van der Waals surface area contributed by atoms with Crippen molar-refractivity contribution in [1.82, 2.24) is 4.90 Å². The van der Waals surface area contributed by atoms with Crippen LogP contribution < -0.4 is 5.73 Å². The summed E-state index contributed by atoms with van der Waals surface area (Å²) in [6.07, 6.45) is -3.98. The molecule has 0 aromatic heterocycles. The summed E-state index contributed by atoms with van der Waals surface area (Å²) in [5, 5.41) is 0. The first-order valence-electron chi connectivity index (χ1n) is 4.44. The molecule has 0 amide bonds. The predicted molar refractivity (Wildman–Crippen MR) is 44.6 cm³/mol. The Morgan fingerprint density at radius 3 is 2.43 bits per heavy atom. The van der Waals surface area contributed by atoms with Crippen LogP contribution in [-0.4, -0.2) is 42.4 Å². The number of rotatable bonds is 2. The second-order valence-electron chi connectivity index (χ2n) is 3.93. The normalized spacial score (nSPS) is 32.1. The minimum Gasteiger partial charge on any atom is -0.322 e. The lowest BCUT2D eigenvalue weighted by molar-refractivity contribution is -0.176. The molecule has 0 aromatic carbocycles. The maximum Gasteiger partial charge on any atom is 0.403 e. The minimum atomic E-state index is -4.26. The van der Waals surface area contributed by atoms with Gasteiger partial charge in [-0.3, -0.25) is 4.90 Å². The van der Waals surface area contributed by atoms with Crippen molar-refractivity contribution in [1.29, 1.82) is 0 Å². The second kappa shape index (κ2) is 3.66. The zero-order valence-corrected chi connectivity index (χ0v) is 7.94. The van der Waals surface area contributed by atoms with Crippen LogP contribution in [0.15, 0.2) is 0 Å². The Bertz CT molecular complexity index is 206. The van der Waals surface area contributed by atoms with E-state index in [1.807, 2.05) is 0 Å². The van der Waals surface area contributed by atoms with Crippen molar-refractivity contribution in [3.8, 4) is 0 Å². The second-order valence-corrected chi connectivity index (χ2v) is 3.93. The lowest BCUT2D eigenvalue weighted by Gasteiger charge is -2.27. The van der Waals surface area contributed by atoms with E-state index in [-0.39, 0.29) is 19.5 Å². The number of nitrogens with two attached hydrogens (primary N) is 1. The van der Waals surface area contributed by atoms with E-state index in [0.29, 0.717) is 0 Å². The van der Waals surface area contributed by atoms with Crippen LogP contribution in [-0.2, 0) is 0 Å². The fourth-order valence-corrected chi connectivity index (χ4v) is 1.58. The summed E-state index contributed by atoms with van der Waals surface area (Å²) in [6, 6.07) is -1.54. The molecule has 1 aliphatic rings. The van der Waals surface area contributed by atoms with Gasteiger partial charge in [0, 0.05) is 13.1 Å². The summed E-state index contributed by atoms with van der Waals surface area (Å²) in [4.78, 5) is 1.18. The molecule has 14 heavy (non-hydrogen) atoms. The molecule has 0 aliphatic carbocycles. The first-order valence-corrected chi connectivity index (χ1v) is 4.44. The Morgan fingerprint density at radius 2 is 2.07 bits per heavy atom. The zero-order valence-electron chi connectivity index (χ0n) is 7.94. The van der Waals surface area contributed by atoms with E-state index in [4.69, 9.17) is 5.73 Å². The van der Waals surface area contributed by atoms with Gasteiger partial charge in [-0.15, -0.1) is 0 Å². The fraction of sp³-hybridized carbons (Fsp3) is 1.00. The summed E-state index contributed by atoms with van der Waals surface area (Å²) in [5.74, 6) is 0. The van der Waals surface area contributed by atoms with Gasteiger partial charge in [-0.05, 0) is 13.3 Å². The molecule has 84 valence electrons. The van der Waals surface area contributed by atoms with E-state index in [0.717, 1.165) is 6.92 Å². The fourth-order valence-electron chi connectivity index (χ4n) is 1.58. The summed E-state index contributed by atoms with van der Waals surface area (Å²) in [7, 11) is 0. The topological polar surface area (TPSA) is 29.3 Å². The van der Waals surface area contributed by atoms with Gasteiger partial charge in [0.2, 0.25) is 0 Å². The average Bonchev–Trinajstić information content (AvgIpc) is 2.46. The van der Waals surface area contributed by atoms with Crippen molar-refractivity contribution >= 4 is 0 Å². The molecule has 0 saturated carbocycles. The van der Waals surface area contributed by atoms with Crippen LogP contribution in [0.3, 0.4) is 0 Å². The van der Waals surface area contributed by atoms with Crippen molar-refractivity contribution in [3.05, 3.63) is 0 Å².